The third kappa shape index (κ3) is 5.97. The molecule has 1 saturated heterocycles. The van der Waals surface area contributed by atoms with E-state index in [2.05, 4.69) is 5.32 Å². The van der Waals surface area contributed by atoms with Gasteiger partial charge >= 0.3 is 12.1 Å². The number of hydrogen-bond acceptors (Lipinski definition) is 6. The van der Waals surface area contributed by atoms with Gasteiger partial charge < -0.3 is 20.1 Å². The van der Waals surface area contributed by atoms with E-state index >= 15 is 0 Å². The average molecular weight is 610 g/mol. The number of allylic oxidation sites excluding steroid dienone is 2. The zero-order chi connectivity index (χ0) is 31.0. The number of halogens is 1. The van der Waals surface area contributed by atoms with E-state index in [0.717, 1.165) is 38.5 Å². The molecule has 3 amide bonds. The van der Waals surface area contributed by atoms with Crippen LogP contribution in [0.5, 0.6) is 0 Å². The van der Waals surface area contributed by atoms with Crippen molar-refractivity contribution in [3.05, 3.63) is 47.3 Å². The van der Waals surface area contributed by atoms with Crippen LogP contribution in [0.1, 0.15) is 81.8 Å². The third-order valence-electron chi connectivity index (χ3n) is 10.2. The van der Waals surface area contributed by atoms with Crippen LogP contribution in [0, 0.1) is 23.1 Å². The maximum atomic E-state index is 14.3. The highest BCUT2D eigenvalue weighted by Crippen LogP contribution is 2.57. The fourth-order valence-corrected chi connectivity index (χ4v) is 7.16. The van der Waals surface area contributed by atoms with Gasteiger partial charge in [-0.05, 0) is 56.1 Å². The second-order valence-corrected chi connectivity index (χ2v) is 13.2. The van der Waals surface area contributed by atoms with Crippen molar-refractivity contribution in [2.75, 3.05) is 6.54 Å². The molecule has 0 spiro atoms. The first kappa shape index (κ1) is 30.3. The van der Waals surface area contributed by atoms with E-state index in [9.17, 15) is 33.5 Å². The number of hydrogen-bond donors (Lipinski definition) is 2. The zero-order valence-electron chi connectivity index (χ0n) is 24.8. The van der Waals surface area contributed by atoms with Gasteiger partial charge in [-0.1, -0.05) is 43.5 Å². The number of amides is 3. The molecule has 0 radical (unpaired) electrons. The van der Waals surface area contributed by atoms with Crippen LogP contribution in [0.3, 0.4) is 0 Å². The number of carbonyl (C=O) groups excluding carboxylic acids is 4. The normalized spacial score (nSPS) is 31.5. The number of aliphatic carboxylic acids is 1. The quantitative estimate of drug-likeness (QED) is 0.491. The molecule has 10 nitrogen and oxygen atoms in total. The summed E-state index contributed by atoms with van der Waals surface area (Å²) in [7, 11) is 0. The van der Waals surface area contributed by atoms with E-state index < -0.39 is 47.4 Å². The van der Waals surface area contributed by atoms with Gasteiger partial charge in [0.25, 0.3) is 0 Å². The van der Waals surface area contributed by atoms with Crippen molar-refractivity contribution in [3.8, 4) is 0 Å². The van der Waals surface area contributed by atoms with Gasteiger partial charge in [0, 0.05) is 30.9 Å². The summed E-state index contributed by atoms with van der Waals surface area (Å²) in [4.78, 5) is 69.1. The maximum Gasteiger partial charge on any atom is 0.410 e. The SMILES string of the molecule is O=C(N[C@H]1CCCCC/C=C\[C@@H]2C[C@@]2(C(=O)O)CC(=O)[C@@H]2C[C@@H](OC(=O)N3Cc4cccc(F)c4C3)CN2C1=O)C1CCC1. The number of rotatable bonds is 4. The van der Waals surface area contributed by atoms with Crippen molar-refractivity contribution < 1.29 is 38.2 Å². The predicted molar refractivity (Wildman–Crippen MR) is 155 cm³/mol. The molecule has 2 saturated carbocycles. The Balaban J connectivity index is 1.22. The predicted octanol–water partition coefficient (Wildman–Crippen LogP) is 4.10. The van der Waals surface area contributed by atoms with Crippen molar-refractivity contribution in [3.63, 3.8) is 0 Å². The van der Waals surface area contributed by atoms with Crippen molar-refractivity contribution in [1.29, 1.82) is 0 Å². The van der Waals surface area contributed by atoms with Gasteiger partial charge in [-0.2, -0.15) is 0 Å². The molecule has 3 fully saturated rings. The van der Waals surface area contributed by atoms with Gasteiger partial charge in [0.2, 0.25) is 11.8 Å². The summed E-state index contributed by atoms with van der Waals surface area (Å²) in [5, 5.41) is 13.0. The number of carboxylic acid groups (broad SMARTS) is 1. The van der Waals surface area contributed by atoms with Crippen LogP contribution in [0.15, 0.2) is 30.4 Å². The number of ether oxygens (including phenoxy) is 1. The number of benzene rings is 1. The van der Waals surface area contributed by atoms with Gasteiger partial charge in [0.1, 0.15) is 18.0 Å². The zero-order valence-corrected chi connectivity index (χ0v) is 24.8. The Kier molecular flexibility index (Phi) is 8.48. The first-order valence-electron chi connectivity index (χ1n) is 15.9. The summed E-state index contributed by atoms with van der Waals surface area (Å²) in [6.07, 6.45) is 8.72. The average Bonchev–Trinajstić information content (AvgIpc) is 3.27. The van der Waals surface area contributed by atoms with E-state index in [1.807, 2.05) is 12.2 Å². The van der Waals surface area contributed by atoms with E-state index in [4.69, 9.17) is 4.74 Å². The highest BCUT2D eigenvalue weighted by Gasteiger charge is 2.61. The minimum absolute atomic E-state index is 0.0327. The number of carbonyl (C=O) groups is 5. The van der Waals surface area contributed by atoms with Crippen LogP contribution in [0.2, 0.25) is 0 Å². The number of fused-ring (bicyclic) bond motifs is 3. The highest BCUT2D eigenvalue weighted by atomic mass is 19.1. The highest BCUT2D eigenvalue weighted by molar-refractivity contribution is 5.96. The lowest BCUT2D eigenvalue weighted by molar-refractivity contribution is -0.147. The number of Topliss-reactive ketones (excluding diaryl/α,β-unsaturated/α-hetero) is 1. The van der Waals surface area contributed by atoms with Crippen LogP contribution in [-0.4, -0.2) is 69.3 Å². The Morgan fingerprint density at radius 3 is 2.59 bits per heavy atom. The van der Waals surface area contributed by atoms with E-state index in [0.29, 0.717) is 30.4 Å². The Bertz CT molecular complexity index is 1380. The summed E-state index contributed by atoms with van der Waals surface area (Å²) in [6.45, 7) is 0.203. The number of nitrogens with one attached hydrogen (secondary N) is 1. The number of ketones is 1. The van der Waals surface area contributed by atoms with Crippen molar-refractivity contribution in [1.82, 2.24) is 15.1 Å². The van der Waals surface area contributed by atoms with E-state index in [1.54, 1.807) is 12.1 Å². The number of carboxylic acids is 1. The van der Waals surface area contributed by atoms with Crippen LogP contribution in [0.4, 0.5) is 9.18 Å². The molecular formula is C33H40FN3O7. The molecule has 2 N–H and O–H groups in total. The van der Waals surface area contributed by atoms with E-state index in [-0.39, 0.29) is 56.0 Å². The summed E-state index contributed by atoms with van der Waals surface area (Å²) < 4.78 is 20.1. The summed E-state index contributed by atoms with van der Waals surface area (Å²) in [5.41, 5.74) is -0.0742. The summed E-state index contributed by atoms with van der Waals surface area (Å²) in [6, 6.07) is 2.88. The first-order chi connectivity index (χ1) is 21.2. The molecule has 1 aromatic rings. The molecule has 5 atom stereocenters. The van der Waals surface area contributed by atoms with E-state index in [1.165, 1.54) is 15.9 Å². The fraction of sp³-hybridized carbons (Fsp3) is 0.606. The lowest BCUT2D eigenvalue weighted by atomic mass is 9.84. The Morgan fingerprint density at radius 1 is 1.05 bits per heavy atom. The summed E-state index contributed by atoms with van der Waals surface area (Å²) in [5.74, 6) is -2.75. The second-order valence-electron chi connectivity index (χ2n) is 13.2. The topological polar surface area (TPSA) is 133 Å². The molecule has 3 heterocycles. The van der Waals surface area contributed by atoms with Crippen LogP contribution in [-0.2, 0) is 37.0 Å². The molecule has 11 heteroatoms. The van der Waals surface area contributed by atoms with Gasteiger partial charge in [0.15, 0.2) is 5.78 Å². The van der Waals surface area contributed by atoms with Crippen molar-refractivity contribution in [2.24, 2.45) is 17.3 Å². The minimum Gasteiger partial charge on any atom is -0.481 e. The van der Waals surface area contributed by atoms with Gasteiger partial charge in [-0.3, -0.25) is 24.1 Å². The lowest BCUT2D eigenvalue weighted by Gasteiger charge is -2.31. The molecule has 3 aliphatic heterocycles. The van der Waals surface area contributed by atoms with Crippen LogP contribution >= 0.6 is 0 Å². The monoisotopic (exact) mass is 609 g/mol. The smallest absolute Gasteiger partial charge is 0.410 e. The maximum absolute atomic E-state index is 14.3. The first-order valence-corrected chi connectivity index (χ1v) is 15.9. The molecule has 44 heavy (non-hydrogen) atoms. The number of nitrogens with zero attached hydrogens (tertiary/aromatic N) is 2. The molecule has 2 aliphatic carbocycles. The lowest BCUT2D eigenvalue weighted by Crippen LogP contribution is -2.53. The molecule has 6 rings (SSSR count). The van der Waals surface area contributed by atoms with Gasteiger partial charge in [0.05, 0.1) is 24.5 Å². The second kappa shape index (κ2) is 12.3. The molecule has 0 unspecified atom stereocenters. The molecule has 0 aromatic heterocycles. The fourth-order valence-electron chi connectivity index (χ4n) is 7.16. The molecule has 5 aliphatic rings. The standard InChI is InChI=1S/C33H40FN3O7/c34-25-12-7-10-21-17-36(19-24(21)25)32(43)44-23-14-27-28(38)16-33(31(41)42)15-22(33)11-4-2-1-3-5-13-26(30(40)37(27)18-23)35-29(39)20-8-6-9-20/h4,7,10-12,20,22-23,26-27H,1-3,5-6,8-9,13-19H2,(H,35,39)(H,41,42)/b11-4-/t22-,23-,26+,27+,33-/m1/s1. The Morgan fingerprint density at radius 2 is 1.86 bits per heavy atom. The van der Waals surface area contributed by atoms with Crippen molar-refractivity contribution >= 4 is 29.7 Å². The van der Waals surface area contributed by atoms with Gasteiger partial charge in [-0.25, -0.2) is 9.18 Å². The van der Waals surface area contributed by atoms with Crippen LogP contribution < -0.4 is 5.32 Å². The Hall–Kier alpha value is -3.76. The molecular weight excluding hydrogens is 569 g/mol. The largest absolute Gasteiger partial charge is 0.481 e. The molecule has 0 bridgehead atoms. The molecule has 1 aromatic carbocycles. The third-order valence-corrected chi connectivity index (χ3v) is 10.2. The Labute approximate surface area is 256 Å². The van der Waals surface area contributed by atoms with Crippen LogP contribution in [0.25, 0.3) is 0 Å². The van der Waals surface area contributed by atoms with Crippen molar-refractivity contribution in [2.45, 2.75) is 102 Å². The minimum atomic E-state index is -1.21. The van der Waals surface area contributed by atoms with Gasteiger partial charge in [-0.15, -0.1) is 0 Å². The molecule has 236 valence electrons. The summed E-state index contributed by atoms with van der Waals surface area (Å²) >= 11 is 0.